The number of nitrogens with zero attached hydrogens (tertiary/aromatic N) is 3. The number of nitriles is 1. The van der Waals surface area contributed by atoms with Crippen LogP contribution in [-0.2, 0) is 4.79 Å². The van der Waals surface area contributed by atoms with E-state index < -0.39 is 10.2 Å². The Labute approximate surface area is 160 Å². The van der Waals surface area contributed by atoms with Gasteiger partial charge in [0.1, 0.15) is 16.8 Å². The lowest BCUT2D eigenvalue weighted by molar-refractivity contribution is -0.384. The van der Waals surface area contributed by atoms with Crippen LogP contribution < -0.4 is 10.1 Å². The van der Waals surface area contributed by atoms with Crippen molar-refractivity contribution in [2.75, 3.05) is 12.4 Å². The van der Waals surface area contributed by atoms with Gasteiger partial charge in [-0.25, -0.2) is 4.98 Å². The van der Waals surface area contributed by atoms with Crippen molar-refractivity contribution in [1.29, 1.82) is 5.26 Å². The number of pyridine rings is 1. The van der Waals surface area contributed by atoms with E-state index in [1.165, 1.54) is 25.3 Å². The van der Waals surface area contributed by atoms with Crippen molar-refractivity contribution >= 4 is 29.0 Å². The molecule has 0 bridgehead atoms. The fourth-order valence-electron chi connectivity index (χ4n) is 2.39. The number of aromatic nitrogens is 1. The second-order valence-corrected chi connectivity index (χ2v) is 7.09. The van der Waals surface area contributed by atoms with Gasteiger partial charge in [-0.1, -0.05) is 11.8 Å². The summed E-state index contributed by atoms with van der Waals surface area (Å²) in [4.78, 5) is 27.3. The van der Waals surface area contributed by atoms with Crippen molar-refractivity contribution in [2.45, 2.75) is 31.0 Å². The normalized spacial score (nSPS) is 11.4. The predicted molar refractivity (Wildman–Crippen MR) is 102 cm³/mol. The van der Waals surface area contributed by atoms with E-state index in [1.54, 1.807) is 13.0 Å². The number of nitrogens with one attached hydrogen (secondary N) is 1. The number of carbonyl (C=O) groups excluding carboxylic acids is 1. The minimum atomic E-state index is -0.588. The zero-order valence-corrected chi connectivity index (χ0v) is 16.1. The summed E-state index contributed by atoms with van der Waals surface area (Å²) in [6.07, 6.45) is 0. The number of aryl methyl sites for hydroxylation is 2. The topological polar surface area (TPSA) is 118 Å². The molecule has 1 aromatic carbocycles. The Bertz CT molecular complexity index is 940. The number of amides is 1. The van der Waals surface area contributed by atoms with Crippen LogP contribution in [0, 0.1) is 35.3 Å². The molecule has 1 aromatic heterocycles. The quantitative estimate of drug-likeness (QED) is 0.458. The highest BCUT2D eigenvalue weighted by molar-refractivity contribution is 8.00. The molecule has 2 aromatic rings. The molecule has 0 spiro atoms. The van der Waals surface area contributed by atoms with E-state index in [1.807, 2.05) is 13.8 Å². The fraction of sp³-hybridized carbons (Fsp3) is 0.278. The first kappa shape index (κ1) is 20.2. The van der Waals surface area contributed by atoms with Gasteiger partial charge in [-0.05, 0) is 38.5 Å². The van der Waals surface area contributed by atoms with Gasteiger partial charge in [0.05, 0.1) is 28.5 Å². The summed E-state index contributed by atoms with van der Waals surface area (Å²) in [5, 5.41) is 22.8. The lowest BCUT2D eigenvalue weighted by atomic mass is 10.1. The summed E-state index contributed by atoms with van der Waals surface area (Å²) in [6, 6.07) is 7.88. The maximum Gasteiger partial charge on any atom is 0.271 e. The molecule has 1 unspecified atom stereocenters. The third kappa shape index (κ3) is 4.74. The van der Waals surface area contributed by atoms with Crippen LogP contribution >= 0.6 is 11.8 Å². The number of methoxy groups -OCH3 is 1. The molecule has 8 nitrogen and oxygen atoms in total. The van der Waals surface area contributed by atoms with Crippen LogP contribution in [0.5, 0.6) is 5.75 Å². The first-order valence-electron chi connectivity index (χ1n) is 7.95. The molecule has 0 radical (unpaired) electrons. The van der Waals surface area contributed by atoms with E-state index in [2.05, 4.69) is 16.4 Å². The number of non-ortho nitro benzene ring substituents is 1. The van der Waals surface area contributed by atoms with Crippen molar-refractivity contribution in [1.82, 2.24) is 4.98 Å². The molecular weight excluding hydrogens is 368 g/mol. The Kier molecular flexibility index (Phi) is 6.36. The number of hydrogen-bond donors (Lipinski definition) is 1. The lowest BCUT2D eigenvalue weighted by Gasteiger charge is -2.15. The number of benzene rings is 1. The molecule has 9 heteroatoms. The summed E-state index contributed by atoms with van der Waals surface area (Å²) in [7, 11) is 1.41. The van der Waals surface area contributed by atoms with Crippen LogP contribution in [0.2, 0.25) is 0 Å². The number of rotatable bonds is 6. The number of anilines is 1. The first-order chi connectivity index (χ1) is 12.8. The lowest BCUT2D eigenvalue weighted by Crippen LogP contribution is -2.23. The number of hydrogen-bond acceptors (Lipinski definition) is 7. The summed E-state index contributed by atoms with van der Waals surface area (Å²) < 4.78 is 5.15. The van der Waals surface area contributed by atoms with Gasteiger partial charge in [0.25, 0.3) is 5.69 Å². The van der Waals surface area contributed by atoms with Crippen LogP contribution in [0.3, 0.4) is 0 Å². The van der Waals surface area contributed by atoms with E-state index >= 15 is 0 Å². The van der Waals surface area contributed by atoms with Crippen LogP contribution in [0.4, 0.5) is 11.4 Å². The van der Waals surface area contributed by atoms with Crippen LogP contribution in [0.15, 0.2) is 29.3 Å². The predicted octanol–water partition coefficient (Wildman–Crippen LogP) is 3.61. The van der Waals surface area contributed by atoms with Gasteiger partial charge in [0, 0.05) is 17.8 Å². The minimum absolute atomic E-state index is 0.158. The van der Waals surface area contributed by atoms with E-state index in [-0.39, 0.29) is 17.3 Å². The Hall–Kier alpha value is -3.12. The second-order valence-electron chi connectivity index (χ2n) is 5.76. The Morgan fingerprint density at radius 1 is 1.41 bits per heavy atom. The maximum absolute atomic E-state index is 12.6. The minimum Gasteiger partial charge on any atom is -0.495 e. The number of nitro benzene ring substituents is 1. The van der Waals surface area contributed by atoms with Crippen molar-refractivity contribution in [3.63, 3.8) is 0 Å². The maximum atomic E-state index is 12.6. The molecule has 0 fully saturated rings. The average molecular weight is 386 g/mol. The zero-order chi connectivity index (χ0) is 20.1. The first-order valence-corrected chi connectivity index (χ1v) is 8.83. The number of thioether (sulfide) groups is 1. The highest BCUT2D eigenvalue weighted by Gasteiger charge is 2.21. The Morgan fingerprint density at radius 2 is 2.11 bits per heavy atom. The van der Waals surface area contributed by atoms with Crippen LogP contribution in [0.25, 0.3) is 0 Å². The molecule has 1 N–H and O–H groups in total. The summed E-state index contributed by atoms with van der Waals surface area (Å²) >= 11 is 1.15. The van der Waals surface area contributed by atoms with Gasteiger partial charge in [0.2, 0.25) is 5.91 Å². The summed E-state index contributed by atoms with van der Waals surface area (Å²) in [6.45, 7) is 5.30. The standard InChI is InChI=1S/C18H18N4O4S/c1-10-7-11(2)20-18(14(10)9-19)27-12(3)17(23)21-15-8-13(22(24)25)5-6-16(15)26-4/h5-8,12H,1-4H3,(H,21,23). The fourth-order valence-corrected chi connectivity index (χ4v) is 3.41. The van der Waals surface area contributed by atoms with Crippen molar-refractivity contribution < 1.29 is 14.5 Å². The molecule has 140 valence electrons. The highest BCUT2D eigenvalue weighted by atomic mass is 32.2. The van der Waals surface area contributed by atoms with E-state index in [0.717, 1.165) is 23.0 Å². The molecule has 0 aliphatic carbocycles. The molecule has 27 heavy (non-hydrogen) atoms. The molecule has 0 aliphatic heterocycles. The van der Waals surface area contributed by atoms with E-state index in [4.69, 9.17) is 4.74 Å². The average Bonchev–Trinajstić information content (AvgIpc) is 2.61. The third-order valence-corrected chi connectivity index (χ3v) is 4.82. The van der Waals surface area contributed by atoms with Gasteiger partial charge in [-0.15, -0.1) is 0 Å². The van der Waals surface area contributed by atoms with E-state index in [0.29, 0.717) is 16.3 Å². The van der Waals surface area contributed by atoms with Gasteiger partial charge < -0.3 is 10.1 Å². The summed E-state index contributed by atoms with van der Waals surface area (Å²) in [5.74, 6) is -0.0722. The monoisotopic (exact) mass is 386 g/mol. The number of carbonyl (C=O) groups is 1. The number of ether oxygens (including phenoxy) is 1. The highest BCUT2D eigenvalue weighted by Crippen LogP contribution is 2.31. The molecule has 0 saturated carbocycles. The van der Waals surface area contributed by atoms with Crippen molar-refractivity contribution in [3.05, 3.63) is 51.2 Å². The van der Waals surface area contributed by atoms with Gasteiger partial charge in [0.15, 0.2) is 0 Å². The third-order valence-electron chi connectivity index (χ3n) is 3.73. The SMILES string of the molecule is COc1ccc([N+](=O)[O-])cc1NC(=O)C(C)Sc1nc(C)cc(C)c1C#N. The zero-order valence-electron chi connectivity index (χ0n) is 15.3. The molecule has 2 rings (SSSR count). The van der Waals surface area contributed by atoms with Gasteiger partial charge in [-0.2, -0.15) is 5.26 Å². The van der Waals surface area contributed by atoms with E-state index in [9.17, 15) is 20.2 Å². The second kappa shape index (κ2) is 8.51. The van der Waals surface area contributed by atoms with Crippen LogP contribution in [-0.4, -0.2) is 28.2 Å². The molecular formula is C18H18N4O4S. The molecule has 1 heterocycles. The molecule has 1 atom stereocenters. The van der Waals surface area contributed by atoms with Crippen molar-refractivity contribution in [2.24, 2.45) is 0 Å². The number of nitro groups is 1. The largest absolute Gasteiger partial charge is 0.495 e. The Morgan fingerprint density at radius 3 is 2.70 bits per heavy atom. The smallest absolute Gasteiger partial charge is 0.271 e. The Balaban J connectivity index is 2.24. The van der Waals surface area contributed by atoms with Crippen LogP contribution in [0.1, 0.15) is 23.7 Å². The van der Waals surface area contributed by atoms with Gasteiger partial charge >= 0.3 is 0 Å². The molecule has 0 aliphatic rings. The summed E-state index contributed by atoms with van der Waals surface area (Å²) in [5.41, 5.74) is 2.02. The van der Waals surface area contributed by atoms with Gasteiger partial charge in [-0.3, -0.25) is 14.9 Å². The molecule has 1 amide bonds. The van der Waals surface area contributed by atoms with Crippen molar-refractivity contribution in [3.8, 4) is 11.8 Å². The molecule has 0 saturated heterocycles.